The van der Waals surface area contributed by atoms with Crippen LogP contribution in [0.4, 0.5) is 0 Å². The second-order valence-electron chi connectivity index (χ2n) is 26.5. The first-order chi connectivity index (χ1) is 53.7. The molecule has 5 atom stereocenters. The molecule has 0 rings (SSSR count). The van der Waals surface area contributed by atoms with Crippen LogP contribution in [0.1, 0.15) is 285 Å². The fourth-order valence-electron chi connectivity index (χ4n) is 10.1. The highest BCUT2D eigenvalue weighted by Gasteiger charge is 2.30. The Morgan fingerprint density at radius 3 is 0.718 bits per heavy atom. The fraction of sp³-hybridized carbons (Fsp3) is 0.582. The lowest BCUT2D eigenvalue weighted by atomic mass is 10.1. The van der Waals surface area contributed by atoms with Crippen LogP contribution in [0.3, 0.4) is 0 Å². The molecule has 110 heavy (non-hydrogen) atoms. The van der Waals surface area contributed by atoms with E-state index in [0.29, 0.717) is 32.1 Å². The molecule has 0 aliphatic heterocycles. The first-order valence-electron chi connectivity index (χ1n) is 41.3. The SMILES string of the molecule is CC/C=C\C/C=C\C/C=C\C/C=C\C/C=C\CCCC(=O)OCC(COP(=O)(O)OCC(O)COP(=O)(O)OCC(COC(=O)CCCCCCCC/C=C\C/C=C\C/C=C\C/C=C\CC)OC(=O)CCCCCC/C=C\C/C=C\C/C=C\C/C=C\CC)OC(=O)CCCCCC/C=C\C/C=C\C/C=C\C/C=C\CC. The molecule has 3 N–H and O–H groups in total. The van der Waals surface area contributed by atoms with Gasteiger partial charge in [-0.15, -0.1) is 0 Å². The molecule has 0 saturated heterocycles. The highest BCUT2D eigenvalue weighted by Crippen LogP contribution is 2.45. The summed E-state index contributed by atoms with van der Waals surface area (Å²) < 4.78 is 68.7. The molecule has 0 spiro atoms. The first-order valence-corrected chi connectivity index (χ1v) is 44.3. The minimum atomic E-state index is -5.01. The van der Waals surface area contributed by atoms with E-state index in [4.69, 9.17) is 37.0 Å². The molecule has 5 unspecified atom stereocenters. The first kappa shape index (κ1) is 104. The van der Waals surface area contributed by atoms with E-state index in [1.165, 1.54) is 0 Å². The highest BCUT2D eigenvalue weighted by molar-refractivity contribution is 7.47. The molecule has 0 bridgehead atoms. The number of phosphoric acid groups is 2. The van der Waals surface area contributed by atoms with E-state index in [2.05, 4.69) is 222 Å². The number of hydrogen-bond acceptors (Lipinski definition) is 15. The normalized spacial score (nSPS) is 14.9. The van der Waals surface area contributed by atoms with Crippen molar-refractivity contribution in [3.05, 3.63) is 207 Å². The summed E-state index contributed by atoms with van der Waals surface area (Å²) in [7, 11) is -10.0. The smallest absolute Gasteiger partial charge is 0.462 e. The number of hydrogen-bond donors (Lipinski definition) is 3. The van der Waals surface area contributed by atoms with Crippen LogP contribution in [-0.2, 0) is 65.4 Å². The van der Waals surface area contributed by atoms with Crippen molar-refractivity contribution >= 4 is 39.5 Å². The molecule has 0 saturated carbocycles. The van der Waals surface area contributed by atoms with Gasteiger partial charge in [-0.1, -0.05) is 286 Å². The van der Waals surface area contributed by atoms with E-state index in [9.17, 15) is 43.2 Å². The van der Waals surface area contributed by atoms with E-state index in [-0.39, 0.29) is 25.7 Å². The molecule has 0 aromatic rings. The summed E-state index contributed by atoms with van der Waals surface area (Å²) >= 11 is 0. The summed E-state index contributed by atoms with van der Waals surface area (Å²) in [5.74, 6) is -2.33. The van der Waals surface area contributed by atoms with Crippen molar-refractivity contribution in [2.45, 2.75) is 303 Å². The van der Waals surface area contributed by atoms with Crippen molar-refractivity contribution in [1.82, 2.24) is 0 Å². The largest absolute Gasteiger partial charge is 0.472 e. The number of phosphoric ester groups is 2. The Balaban J connectivity index is 5.52. The maximum atomic E-state index is 13.1. The van der Waals surface area contributed by atoms with Crippen molar-refractivity contribution in [3.8, 4) is 0 Å². The van der Waals surface area contributed by atoms with E-state index in [0.717, 1.165) is 199 Å². The van der Waals surface area contributed by atoms with Crippen molar-refractivity contribution in [2.24, 2.45) is 0 Å². The van der Waals surface area contributed by atoms with Crippen molar-refractivity contribution < 1.29 is 80.2 Å². The number of carbonyl (C=O) groups excluding carboxylic acids is 4. The van der Waals surface area contributed by atoms with Crippen LogP contribution in [-0.4, -0.2) is 96.7 Å². The molecule has 0 aliphatic rings. The van der Waals surface area contributed by atoms with E-state index < -0.39 is 97.5 Å². The summed E-state index contributed by atoms with van der Waals surface area (Å²) in [5, 5.41) is 10.7. The summed E-state index contributed by atoms with van der Waals surface area (Å²) in [4.78, 5) is 73.2. The number of ether oxygens (including phenoxy) is 4. The zero-order valence-corrected chi connectivity index (χ0v) is 69.6. The zero-order chi connectivity index (χ0) is 80.3. The van der Waals surface area contributed by atoms with Gasteiger partial charge in [0.25, 0.3) is 0 Å². The zero-order valence-electron chi connectivity index (χ0n) is 67.8. The van der Waals surface area contributed by atoms with E-state index in [1.54, 1.807) is 0 Å². The van der Waals surface area contributed by atoms with Gasteiger partial charge in [0.05, 0.1) is 26.4 Å². The molecular formula is C91H144O17P2. The fourth-order valence-corrected chi connectivity index (χ4v) is 11.7. The summed E-state index contributed by atoms with van der Waals surface area (Å²) in [6.45, 7) is 4.26. The monoisotopic (exact) mass is 1570 g/mol. The van der Waals surface area contributed by atoms with Crippen LogP contribution in [0, 0.1) is 0 Å². The Labute approximate surface area is 665 Å². The second kappa shape index (κ2) is 80.7. The second-order valence-corrected chi connectivity index (χ2v) is 29.4. The van der Waals surface area contributed by atoms with Crippen LogP contribution < -0.4 is 0 Å². The molecule has 19 heteroatoms. The molecular weight excluding hydrogens is 1430 g/mol. The van der Waals surface area contributed by atoms with Gasteiger partial charge in [0.15, 0.2) is 12.2 Å². The molecule has 0 heterocycles. The van der Waals surface area contributed by atoms with Crippen molar-refractivity contribution in [2.75, 3.05) is 39.6 Å². The average Bonchev–Trinajstić information content (AvgIpc) is 0.904. The number of rotatable bonds is 75. The number of carbonyl (C=O) groups is 4. The minimum Gasteiger partial charge on any atom is -0.462 e. The number of esters is 4. The predicted molar refractivity (Wildman–Crippen MR) is 454 cm³/mol. The van der Waals surface area contributed by atoms with Crippen molar-refractivity contribution in [3.63, 3.8) is 0 Å². The van der Waals surface area contributed by atoms with Crippen LogP contribution in [0.2, 0.25) is 0 Å². The maximum absolute atomic E-state index is 13.1. The van der Waals surface area contributed by atoms with Gasteiger partial charge in [-0.05, 0) is 180 Å². The third-order valence-electron chi connectivity index (χ3n) is 16.2. The molecule has 0 amide bonds. The van der Waals surface area contributed by atoms with Gasteiger partial charge >= 0.3 is 39.5 Å². The number of unbranched alkanes of at least 4 members (excludes halogenated alkanes) is 15. The number of aliphatic hydroxyl groups excluding tert-OH is 1. The Hall–Kier alpha value is -6.36. The molecule has 620 valence electrons. The van der Waals surface area contributed by atoms with E-state index in [1.807, 2.05) is 12.2 Å². The van der Waals surface area contributed by atoms with Gasteiger partial charge in [-0.2, -0.15) is 0 Å². The van der Waals surface area contributed by atoms with Gasteiger partial charge in [0, 0.05) is 25.7 Å². The molecule has 17 nitrogen and oxygen atoms in total. The molecule has 0 aromatic carbocycles. The topological polar surface area (TPSA) is 237 Å². The van der Waals surface area contributed by atoms with Crippen molar-refractivity contribution in [1.29, 1.82) is 0 Å². The lowest BCUT2D eigenvalue weighted by Gasteiger charge is -2.21. The van der Waals surface area contributed by atoms with Gasteiger partial charge in [-0.25, -0.2) is 9.13 Å². The maximum Gasteiger partial charge on any atom is 0.472 e. The van der Waals surface area contributed by atoms with Gasteiger partial charge in [-0.3, -0.25) is 37.3 Å². The molecule has 0 radical (unpaired) electrons. The van der Waals surface area contributed by atoms with Gasteiger partial charge < -0.3 is 33.8 Å². The molecule has 0 fully saturated rings. The number of aliphatic hydroxyl groups is 1. The van der Waals surface area contributed by atoms with Crippen LogP contribution in [0.25, 0.3) is 0 Å². The predicted octanol–water partition coefficient (Wildman–Crippen LogP) is 24.7. The molecule has 0 aromatic heterocycles. The van der Waals surface area contributed by atoms with Crippen LogP contribution in [0.5, 0.6) is 0 Å². The van der Waals surface area contributed by atoms with Crippen LogP contribution >= 0.6 is 15.6 Å². The highest BCUT2D eigenvalue weighted by atomic mass is 31.2. The van der Waals surface area contributed by atoms with Gasteiger partial charge in [0.2, 0.25) is 0 Å². The Morgan fingerprint density at radius 1 is 0.255 bits per heavy atom. The molecule has 0 aliphatic carbocycles. The summed E-state index contributed by atoms with van der Waals surface area (Å²) in [6.07, 6.45) is 101. The van der Waals surface area contributed by atoms with E-state index >= 15 is 0 Å². The number of allylic oxidation sites excluding steroid dienone is 34. The Morgan fingerprint density at radius 2 is 0.455 bits per heavy atom. The van der Waals surface area contributed by atoms with Gasteiger partial charge in [0.1, 0.15) is 19.3 Å². The third kappa shape index (κ3) is 79.7. The lowest BCUT2D eigenvalue weighted by molar-refractivity contribution is -0.161. The standard InChI is InChI=1S/C91H144O17P2/c1-5-9-13-17-21-25-29-33-37-41-42-46-48-52-56-60-64-68-72-76-89(94)102-82-87(108-91(96)78-74-70-66-62-58-54-50-45-40-36-32-28-24-20-16-12-8-4)84-106-110(99,100)104-80-85(92)79-103-109(97,98)105-83-86(107-90(95)77-73-69-65-61-57-53-49-44-39-35-31-27-23-19-15-11-7-3)81-101-88(93)75-71-67-63-59-55-51-47-43-38-34-30-26-22-18-14-10-6-2/h9-16,21-28,33-40,42,46-47,49-51,53-54,59,63,85-87,92H,5-8,17-20,29-32,41,43-45,48,52,55-58,60-62,64-84H2,1-4H3,(H,97,98)(H,99,100)/b13-9-,14-10-,15-11-,16-12-,25-21-,26-22-,27-23-,28-24-,37-33-,38-34-,39-35-,40-36-,46-42-,51-47-,53-49-,54-50-,63-59-. The Kier molecular flexibility index (Phi) is 76.0. The Bertz CT molecular complexity index is 2900. The summed E-state index contributed by atoms with van der Waals surface area (Å²) in [6, 6.07) is 0. The minimum absolute atomic E-state index is 0.0453. The summed E-state index contributed by atoms with van der Waals surface area (Å²) in [5.41, 5.74) is 0. The third-order valence-corrected chi connectivity index (χ3v) is 18.1. The lowest BCUT2D eigenvalue weighted by Crippen LogP contribution is -2.30. The quantitative estimate of drug-likeness (QED) is 0.0169. The average molecular weight is 1570 g/mol. The van der Waals surface area contributed by atoms with Crippen LogP contribution in [0.15, 0.2) is 207 Å².